The van der Waals surface area contributed by atoms with E-state index in [-0.39, 0.29) is 0 Å². The summed E-state index contributed by atoms with van der Waals surface area (Å²) in [5.41, 5.74) is 2.62. The molecule has 0 fully saturated rings. The molecule has 0 spiro atoms. The average molecular weight is 326 g/mol. The van der Waals surface area contributed by atoms with E-state index in [1.54, 1.807) is 0 Å². The molecule has 1 aromatic rings. The molecule has 0 aromatic heterocycles. The number of hydrogen-bond acceptors (Lipinski definition) is 3. The first kappa shape index (κ1) is 12.4. The number of halogens is 1. The van der Waals surface area contributed by atoms with Crippen LogP contribution in [0.1, 0.15) is 25.8 Å². The third-order valence-corrected chi connectivity index (χ3v) is 4.98. The van der Waals surface area contributed by atoms with Crippen molar-refractivity contribution in [3.63, 3.8) is 0 Å². The van der Waals surface area contributed by atoms with Crippen LogP contribution in [0, 0.1) is 0 Å². The summed E-state index contributed by atoms with van der Waals surface area (Å²) in [6.07, 6.45) is 1.02. The van der Waals surface area contributed by atoms with Gasteiger partial charge in [0.25, 0.3) is 0 Å². The molecule has 18 heavy (non-hydrogen) atoms. The molecule has 0 bridgehead atoms. The molecule has 2 aliphatic heterocycles. The molecule has 0 radical (unpaired) electrons. The Labute approximate surface area is 121 Å². The van der Waals surface area contributed by atoms with Crippen molar-refractivity contribution >= 4 is 33.4 Å². The zero-order chi connectivity index (χ0) is 12.7. The van der Waals surface area contributed by atoms with E-state index in [2.05, 4.69) is 52.9 Å². The summed E-state index contributed by atoms with van der Waals surface area (Å²) in [7, 11) is 0. The quantitative estimate of drug-likeness (QED) is 0.763. The molecule has 0 saturated carbocycles. The van der Waals surface area contributed by atoms with Crippen molar-refractivity contribution in [2.24, 2.45) is 0 Å². The molecule has 3 rings (SSSR count). The zero-order valence-corrected chi connectivity index (χ0v) is 13.0. The summed E-state index contributed by atoms with van der Waals surface area (Å²) < 4.78 is 6.96. The fourth-order valence-electron chi connectivity index (χ4n) is 2.41. The summed E-state index contributed by atoms with van der Waals surface area (Å²) in [6.45, 7) is 5.28. The van der Waals surface area contributed by atoms with Gasteiger partial charge in [0.15, 0.2) is 0 Å². The molecule has 0 unspecified atom stereocenters. The molecule has 2 heterocycles. The van der Waals surface area contributed by atoms with Gasteiger partial charge >= 0.3 is 0 Å². The number of thioether (sulfide) groups is 1. The van der Waals surface area contributed by atoms with Gasteiger partial charge in [0, 0.05) is 27.4 Å². The first-order valence-corrected chi connectivity index (χ1v) is 8.00. The van der Waals surface area contributed by atoms with Gasteiger partial charge in [-0.05, 0) is 32.0 Å². The van der Waals surface area contributed by atoms with Gasteiger partial charge in [-0.25, -0.2) is 0 Å². The summed E-state index contributed by atoms with van der Waals surface area (Å²) in [5.74, 6) is 2.07. The van der Waals surface area contributed by atoms with Crippen LogP contribution in [0.4, 0.5) is 0 Å². The SMILES string of the molecule is CC(C)N1CSC2=C1c1ccc(Br)cc1OCC2. The smallest absolute Gasteiger partial charge is 0.129 e. The molecule has 2 nitrogen and oxygen atoms in total. The van der Waals surface area contributed by atoms with Crippen LogP contribution in [0.5, 0.6) is 5.75 Å². The molecule has 0 aliphatic carbocycles. The Morgan fingerprint density at radius 3 is 3.00 bits per heavy atom. The predicted octanol–water partition coefficient (Wildman–Crippen LogP) is 4.31. The van der Waals surface area contributed by atoms with Crippen LogP contribution in [0.2, 0.25) is 0 Å². The number of rotatable bonds is 1. The third-order valence-electron chi connectivity index (χ3n) is 3.34. The Balaban J connectivity index is 2.12. The summed E-state index contributed by atoms with van der Waals surface area (Å²) in [6, 6.07) is 6.87. The first-order chi connectivity index (χ1) is 8.66. The fraction of sp³-hybridized carbons (Fsp3) is 0.429. The van der Waals surface area contributed by atoms with Crippen molar-refractivity contribution in [3.05, 3.63) is 33.1 Å². The van der Waals surface area contributed by atoms with Gasteiger partial charge in [0.1, 0.15) is 5.75 Å². The van der Waals surface area contributed by atoms with E-state index in [0.717, 1.165) is 29.1 Å². The minimum absolute atomic E-state index is 0.527. The summed E-state index contributed by atoms with van der Waals surface area (Å²) in [5, 5.41) is 0. The van der Waals surface area contributed by atoms with Gasteiger partial charge in [-0.1, -0.05) is 15.9 Å². The van der Waals surface area contributed by atoms with Gasteiger partial charge in [0.2, 0.25) is 0 Å². The Hall–Kier alpha value is -0.610. The highest BCUT2D eigenvalue weighted by molar-refractivity contribution is 9.10. The number of fused-ring (bicyclic) bond motifs is 2. The van der Waals surface area contributed by atoms with E-state index >= 15 is 0 Å². The third kappa shape index (κ3) is 2.05. The monoisotopic (exact) mass is 325 g/mol. The second kappa shape index (κ2) is 4.82. The van der Waals surface area contributed by atoms with E-state index in [9.17, 15) is 0 Å². The lowest BCUT2D eigenvalue weighted by Gasteiger charge is -2.26. The lowest BCUT2D eigenvalue weighted by Crippen LogP contribution is -2.26. The molecular weight excluding hydrogens is 310 g/mol. The Morgan fingerprint density at radius 1 is 1.39 bits per heavy atom. The second-order valence-corrected chi connectivity index (χ2v) is 6.80. The molecule has 0 amide bonds. The Bertz CT molecular complexity index is 513. The van der Waals surface area contributed by atoms with Crippen LogP contribution in [-0.4, -0.2) is 23.4 Å². The van der Waals surface area contributed by atoms with Crippen LogP contribution >= 0.6 is 27.7 Å². The van der Waals surface area contributed by atoms with Gasteiger partial charge in [-0.15, -0.1) is 11.8 Å². The largest absolute Gasteiger partial charge is 0.492 e. The van der Waals surface area contributed by atoms with E-state index in [4.69, 9.17) is 4.74 Å². The predicted molar refractivity (Wildman–Crippen MR) is 80.6 cm³/mol. The van der Waals surface area contributed by atoms with Crippen molar-refractivity contribution in [1.82, 2.24) is 4.90 Å². The maximum atomic E-state index is 5.88. The number of benzene rings is 1. The van der Waals surface area contributed by atoms with Crippen LogP contribution in [0.15, 0.2) is 27.6 Å². The Morgan fingerprint density at radius 2 is 2.22 bits per heavy atom. The van der Waals surface area contributed by atoms with Crippen LogP contribution < -0.4 is 4.74 Å². The van der Waals surface area contributed by atoms with Crippen molar-refractivity contribution in [3.8, 4) is 5.75 Å². The summed E-state index contributed by atoms with van der Waals surface area (Å²) >= 11 is 5.48. The average Bonchev–Trinajstić information content (AvgIpc) is 2.66. The molecular formula is C14H16BrNOS. The molecule has 2 aliphatic rings. The molecule has 96 valence electrons. The van der Waals surface area contributed by atoms with Crippen molar-refractivity contribution in [2.75, 3.05) is 12.5 Å². The zero-order valence-electron chi connectivity index (χ0n) is 10.6. The minimum atomic E-state index is 0.527. The first-order valence-electron chi connectivity index (χ1n) is 6.22. The lowest BCUT2D eigenvalue weighted by molar-refractivity contribution is 0.325. The van der Waals surface area contributed by atoms with Crippen LogP contribution in [-0.2, 0) is 0 Å². The summed E-state index contributed by atoms with van der Waals surface area (Å²) in [4.78, 5) is 3.95. The number of ether oxygens (including phenoxy) is 1. The van der Waals surface area contributed by atoms with Crippen LogP contribution in [0.3, 0.4) is 0 Å². The topological polar surface area (TPSA) is 12.5 Å². The maximum Gasteiger partial charge on any atom is 0.129 e. The van der Waals surface area contributed by atoms with Gasteiger partial charge < -0.3 is 9.64 Å². The number of hydrogen-bond donors (Lipinski definition) is 0. The van der Waals surface area contributed by atoms with Crippen LogP contribution in [0.25, 0.3) is 5.70 Å². The van der Waals surface area contributed by atoms with Crippen molar-refractivity contribution in [1.29, 1.82) is 0 Å². The van der Waals surface area contributed by atoms with E-state index < -0.39 is 0 Å². The fourth-order valence-corrected chi connectivity index (χ4v) is 4.06. The highest BCUT2D eigenvalue weighted by Gasteiger charge is 2.29. The molecule has 0 atom stereocenters. The highest BCUT2D eigenvalue weighted by Crippen LogP contribution is 2.45. The second-order valence-electron chi connectivity index (χ2n) is 4.85. The molecule has 0 N–H and O–H groups in total. The standard InChI is InChI=1S/C14H16BrNOS/c1-9(2)16-8-18-13-5-6-17-12-7-10(15)3-4-11(12)14(13)16/h3-4,7,9H,5-6,8H2,1-2H3. The van der Waals surface area contributed by atoms with Gasteiger partial charge in [0.05, 0.1) is 18.2 Å². The molecule has 4 heteroatoms. The Kier molecular flexibility index (Phi) is 3.32. The normalized spacial score (nSPS) is 18.6. The molecule has 0 saturated heterocycles. The van der Waals surface area contributed by atoms with E-state index in [1.165, 1.54) is 16.2 Å². The van der Waals surface area contributed by atoms with Crippen molar-refractivity contribution in [2.45, 2.75) is 26.3 Å². The number of nitrogens with zero attached hydrogens (tertiary/aromatic N) is 1. The lowest BCUT2D eigenvalue weighted by atomic mass is 10.1. The highest BCUT2D eigenvalue weighted by atomic mass is 79.9. The van der Waals surface area contributed by atoms with E-state index in [0.29, 0.717) is 6.04 Å². The van der Waals surface area contributed by atoms with Crippen molar-refractivity contribution < 1.29 is 4.74 Å². The van der Waals surface area contributed by atoms with E-state index in [1.807, 2.05) is 11.8 Å². The van der Waals surface area contributed by atoms with Gasteiger partial charge in [-0.2, -0.15) is 0 Å². The maximum absolute atomic E-state index is 5.88. The van der Waals surface area contributed by atoms with Gasteiger partial charge in [-0.3, -0.25) is 0 Å². The minimum Gasteiger partial charge on any atom is -0.492 e. The molecule has 1 aromatic carbocycles.